The average molecular weight is 276 g/mol. The molecule has 0 heterocycles. The molecule has 0 spiro atoms. The lowest BCUT2D eigenvalue weighted by atomic mass is 10.2. The quantitative estimate of drug-likeness (QED) is 0.780. The number of nitrogens with zero attached hydrogens (tertiary/aromatic N) is 1. The standard InChI is InChI=1S/C10H7Cl2NO2S/c1-16(14,15)9(6-13)4-7-2-3-8(11)5-10(7)12/h2-5H,1H3/b9-4+. The van der Waals surface area contributed by atoms with E-state index in [-0.39, 0.29) is 4.91 Å². The number of sulfone groups is 1. The van der Waals surface area contributed by atoms with Gasteiger partial charge in [0.1, 0.15) is 11.0 Å². The third-order valence-corrected chi connectivity index (χ3v) is 3.33. The van der Waals surface area contributed by atoms with E-state index in [4.69, 9.17) is 28.5 Å². The van der Waals surface area contributed by atoms with Gasteiger partial charge in [-0.1, -0.05) is 29.3 Å². The number of nitriles is 1. The molecule has 0 aliphatic rings. The van der Waals surface area contributed by atoms with Gasteiger partial charge in [0, 0.05) is 16.3 Å². The largest absolute Gasteiger partial charge is 0.223 e. The molecule has 84 valence electrons. The zero-order chi connectivity index (χ0) is 12.3. The van der Waals surface area contributed by atoms with E-state index in [1.54, 1.807) is 18.2 Å². The van der Waals surface area contributed by atoms with Crippen molar-refractivity contribution >= 4 is 39.1 Å². The molecule has 0 saturated carbocycles. The molecule has 0 aliphatic heterocycles. The van der Waals surface area contributed by atoms with Gasteiger partial charge >= 0.3 is 0 Å². The number of hydrogen-bond donors (Lipinski definition) is 0. The molecule has 0 amide bonds. The first-order valence-corrected chi connectivity index (χ1v) is 6.76. The molecule has 0 N–H and O–H groups in total. The lowest BCUT2D eigenvalue weighted by Gasteiger charge is -2.00. The van der Waals surface area contributed by atoms with Gasteiger partial charge in [-0.3, -0.25) is 0 Å². The van der Waals surface area contributed by atoms with Crippen LogP contribution in [0.5, 0.6) is 0 Å². The first kappa shape index (κ1) is 13.0. The summed E-state index contributed by atoms with van der Waals surface area (Å²) in [6, 6.07) is 6.21. The van der Waals surface area contributed by atoms with Gasteiger partial charge in [-0.05, 0) is 23.8 Å². The van der Waals surface area contributed by atoms with Crippen LogP contribution in [0.1, 0.15) is 5.56 Å². The summed E-state index contributed by atoms with van der Waals surface area (Å²) >= 11 is 11.5. The van der Waals surface area contributed by atoms with Crippen LogP contribution in [-0.4, -0.2) is 14.7 Å². The highest BCUT2D eigenvalue weighted by Crippen LogP contribution is 2.23. The van der Waals surface area contributed by atoms with Gasteiger partial charge in [0.2, 0.25) is 0 Å². The third kappa shape index (κ3) is 3.24. The minimum atomic E-state index is -3.53. The highest BCUT2D eigenvalue weighted by Gasteiger charge is 2.11. The monoisotopic (exact) mass is 275 g/mol. The number of halogens is 2. The minimum absolute atomic E-state index is 0.295. The zero-order valence-corrected chi connectivity index (χ0v) is 10.6. The fraction of sp³-hybridized carbons (Fsp3) is 0.100. The normalized spacial score (nSPS) is 12.2. The molecule has 0 fully saturated rings. The van der Waals surface area contributed by atoms with Gasteiger partial charge in [-0.25, -0.2) is 8.42 Å². The van der Waals surface area contributed by atoms with Crippen molar-refractivity contribution in [2.24, 2.45) is 0 Å². The summed E-state index contributed by atoms with van der Waals surface area (Å²) in [4.78, 5) is -0.336. The summed E-state index contributed by atoms with van der Waals surface area (Å²) in [5.41, 5.74) is 0.438. The summed E-state index contributed by atoms with van der Waals surface area (Å²) < 4.78 is 22.4. The molecule has 0 aromatic heterocycles. The third-order valence-electron chi connectivity index (χ3n) is 1.76. The van der Waals surface area contributed by atoms with E-state index >= 15 is 0 Å². The maximum atomic E-state index is 11.2. The Labute approximate surface area is 104 Å². The highest BCUT2D eigenvalue weighted by molar-refractivity contribution is 7.95. The lowest BCUT2D eigenvalue weighted by Crippen LogP contribution is -1.98. The van der Waals surface area contributed by atoms with Gasteiger partial charge < -0.3 is 0 Å². The lowest BCUT2D eigenvalue weighted by molar-refractivity contribution is 0.609. The van der Waals surface area contributed by atoms with Gasteiger partial charge in [0.15, 0.2) is 9.84 Å². The molecule has 16 heavy (non-hydrogen) atoms. The van der Waals surface area contributed by atoms with Crippen LogP contribution in [0.2, 0.25) is 10.0 Å². The molecule has 0 aliphatic carbocycles. The van der Waals surface area contributed by atoms with Crippen LogP contribution < -0.4 is 0 Å². The van der Waals surface area contributed by atoms with Crippen molar-refractivity contribution in [2.45, 2.75) is 0 Å². The van der Waals surface area contributed by atoms with Crippen LogP contribution >= 0.6 is 23.2 Å². The molecule has 6 heteroatoms. The van der Waals surface area contributed by atoms with E-state index in [9.17, 15) is 8.42 Å². The second-order valence-electron chi connectivity index (χ2n) is 3.06. The van der Waals surface area contributed by atoms with E-state index in [0.717, 1.165) is 6.26 Å². The first-order valence-electron chi connectivity index (χ1n) is 4.11. The van der Waals surface area contributed by atoms with E-state index in [2.05, 4.69) is 0 Å². The van der Waals surface area contributed by atoms with Crippen LogP contribution in [0, 0.1) is 11.3 Å². The Morgan fingerprint density at radius 1 is 1.44 bits per heavy atom. The van der Waals surface area contributed by atoms with Crippen LogP contribution in [0.15, 0.2) is 23.1 Å². The molecule has 3 nitrogen and oxygen atoms in total. The van der Waals surface area contributed by atoms with E-state index in [1.165, 1.54) is 12.1 Å². The molecule has 1 aromatic carbocycles. The Bertz CT molecular complexity index is 585. The molecule has 0 saturated heterocycles. The molecular weight excluding hydrogens is 269 g/mol. The summed E-state index contributed by atoms with van der Waals surface area (Å²) in [5.74, 6) is 0. The molecule has 0 radical (unpaired) electrons. The Kier molecular flexibility index (Phi) is 3.98. The number of hydrogen-bond acceptors (Lipinski definition) is 3. The molecule has 0 unspecified atom stereocenters. The SMILES string of the molecule is CS(=O)(=O)/C(C#N)=C/c1ccc(Cl)cc1Cl. The van der Waals surface area contributed by atoms with Crippen LogP contribution in [0.3, 0.4) is 0 Å². The Morgan fingerprint density at radius 3 is 2.50 bits per heavy atom. The fourth-order valence-corrected chi connectivity index (χ4v) is 1.95. The van der Waals surface area contributed by atoms with E-state index in [1.807, 2.05) is 0 Å². The van der Waals surface area contributed by atoms with Crippen molar-refractivity contribution in [1.29, 1.82) is 5.26 Å². The molecule has 1 rings (SSSR count). The van der Waals surface area contributed by atoms with Crippen molar-refractivity contribution in [3.05, 3.63) is 38.7 Å². The summed E-state index contributed by atoms with van der Waals surface area (Å²) in [7, 11) is -3.53. The van der Waals surface area contributed by atoms with Gasteiger partial charge in [-0.15, -0.1) is 0 Å². The van der Waals surface area contributed by atoms with Crippen LogP contribution in [0.25, 0.3) is 6.08 Å². The predicted octanol–water partition coefficient (Wildman–Crippen LogP) is 2.90. The zero-order valence-electron chi connectivity index (χ0n) is 8.24. The van der Waals surface area contributed by atoms with Gasteiger partial charge in [-0.2, -0.15) is 5.26 Å². The van der Waals surface area contributed by atoms with Crippen LogP contribution in [0.4, 0.5) is 0 Å². The second kappa shape index (κ2) is 4.88. The summed E-state index contributed by atoms with van der Waals surface area (Å²) in [5, 5.41) is 9.44. The minimum Gasteiger partial charge on any atom is -0.223 e. The Morgan fingerprint density at radius 2 is 2.06 bits per heavy atom. The topological polar surface area (TPSA) is 57.9 Å². The smallest absolute Gasteiger partial charge is 0.185 e. The first-order chi connectivity index (χ1) is 7.34. The van der Waals surface area contributed by atoms with Crippen LogP contribution in [-0.2, 0) is 9.84 Å². The Balaban J connectivity index is 3.32. The number of benzene rings is 1. The number of allylic oxidation sites excluding steroid dienone is 1. The average Bonchev–Trinajstić information content (AvgIpc) is 2.14. The summed E-state index contributed by atoms with van der Waals surface area (Å²) in [6.07, 6.45) is 2.18. The summed E-state index contributed by atoms with van der Waals surface area (Å²) in [6.45, 7) is 0. The van der Waals surface area contributed by atoms with Crippen molar-refractivity contribution < 1.29 is 8.42 Å². The van der Waals surface area contributed by atoms with Crippen molar-refractivity contribution in [2.75, 3.05) is 6.26 Å². The predicted molar refractivity (Wildman–Crippen MR) is 64.9 cm³/mol. The van der Waals surface area contributed by atoms with Crippen molar-refractivity contribution in [1.82, 2.24) is 0 Å². The fourth-order valence-electron chi connectivity index (χ4n) is 0.982. The molecule has 0 atom stereocenters. The van der Waals surface area contributed by atoms with Gasteiger partial charge in [0.05, 0.1) is 0 Å². The molecule has 0 bridgehead atoms. The maximum absolute atomic E-state index is 11.2. The van der Waals surface area contributed by atoms with E-state index < -0.39 is 9.84 Å². The number of rotatable bonds is 2. The maximum Gasteiger partial charge on any atom is 0.185 e. The Hall–Kier alpha value is -1.02. The second-order valence-corrected chi connectivity index (χ2v) is 5.89. The molecule has 1 aromatic rings. The van der Waals surface area contributed by atoms with E-state index in [0.29, 0.717) is 15.6 Å². The van der Waals surface area contributed by atoms with Crippen molar-refractivity contribution in [3.63, 3.8) is 0 Å². The van der Waals surface area contributed by atoms with Gasteiger partial charge in [0.25, 0.3) is 0 Å². The highest BCUT2D eigenvalue weighted by atomic mass is 35.5. The molecular formula is C10H7Cl2NO2S. The van der Waals surface area contributed by atoms with Crippen molar-refractivity contribution in [3.8, 4) is 6.07 Å².